The molecule has 0 radical (unpaired) electrons. The Kier molecular flexibility index (Phi) is 5.33. The maximum atomic E-state index is 12.7. The highest BCUT2D eigenvalue weighted by molar-refractivity contribution is 6.31. The van der Waals surface area contributed by atoms with Gasteiger partial charge in [-0.05, 0) is 49.6 Å². The molecular formula is C21H23ClN2O2. The molecule has 26 heavy (non-hydrogen) atoms. The molecule has 1 aliphatic rings. The lowest BCUT2D eigenvalue weighted by Crippen LogP contribution is -2.34. The van der Waals surface area contributed by atoms with Gasteiger partial charge in [0.1, 0.15) is 0 Å². The number of nitrogens with zero attached hydrogens (tertiary/aromatic N) is 1. The van der Waals surface area contributed by atoms with Gasteiger partial charge in [-0.2, -0.15) is 0 Å². The van der Waals surface area contributed by atoms with Crippen molar-refractivity contribution in [2.45, 2.75) is 33.2 Å². The first kappa shape index (κ1) is 18.5. The smallest absolute Gasteiger partial charge is 0.227 e. The van der Waals surface area contributed by atoms with Crippen LogP contribution in [-0.2, 0) is 9.59 Å². The van der Waals surface area contributed by atoms with Crippen molar-refractivity contribution in [1.82, 2.24) is 5.32 Å². The highest BCUT2D eigenvalue weighted by Gasteiger charge is 2.36. The lowest BCUT2D eigenvalue weighted by molar-refractivity contribution is -0.126. The van der Waals surface area contributed by atoms with Crippen LogP contribution in [0, 0.1) is 19.8 Å². The van der Waals surface area contributed by atoms with Crippen LogP contribution in [0.25, 0.3) is 0 Å². The van der Waals surface area contributed by atoms with Gasteiger partial charge in [0.25, 0.3) is 0 Å². The second kappa shape index (κ2) is 7.50. The molecule has 4 nitrogen and oxygen atoms in total. The van der Waals surface area contributed by atoms with E-state index in [1.54, 1.807) is 11.0 Å². The molecule has 5 heteroatoms. The minimum absolute atomic E-state index is 0.00996. The average Bonchev–Trinajstić information content (AvgIpc) is 2.99. The van der Waals surface area contributed by atoms with Crippen LogP contribution in [0.3, 0.4) is 0 Å². The van der Waals surface area contributed by atoms with E-state index in [-0.39, 0.29) is 30.2 Å². The minimum Gasteiger partial charge on any atom is -0.349 e. The maximum Gasteiger partial charge on any atom is 0.227 e. The van der Waals surface area contributed by atoms with Gasteiger partial charge in [0.05, 0.1) is 12.0 Å². The Bertz CT molecular complexity index is 850. The Balaban J connectivity index is 1.71. The quantitative estimate of drug-likeness (QED) is 0.877. The number of rotatable bonds is 4. The van der Waals surface area contributed by atoms with Crippen molar-refractivity contribution in [3.05, 3.63) is 64.2 Å². The molecule has 0 aromatic heterocycles. The second-order valence-corrected chi connectivity index (χ2v) is 7.28. The van der Waals surface area contributed by atoms with Gasteiger partial charge in [-0.25, -0.2) is 0 Å². The highest BCUT2D eigenvalue weighted by atomic mass is 35.5. The molecule has 2 aromatic rings. The molecule has 0 saturated carbocycles. The molecule has 1 N–H and O–H groups in total. The maximum absolute atomic E-state index is 12.7. The third-order valence-electron chi connectivity index (χ3n) is 5.09. The molecule has 1 fully saturated rings. The van der Waals surface area contributed by atoms with Gasteiger partial charge in [0, 0.05) is 23.7 Å². The second-order valence-electron chi connectivity index (χ2n) is 6.88. The van der Waals surface area contributed by atoms with Crippen LogP contribution in [0.15, 0.2) is 42.5 Å². The van der Waals surface area contributed by atoms with E-state index in [9.17, 15) is 9.59 Å². The lowest BCUT2D eigenvalue weighted by Gasteiger charge is -2.21. The number of anilines is 1. The van der Waals surface area contributed by atoms with Gasteiger partial charge in [0.2, 0.25) is 11.8 Å². The zero-order chi connectivity index (χ0) is 18.8. The van der Waals surface area contributed by atoms with Crippen LogP contribution in [0.1, 0.15) is 36.1 Å². The van der Waals surface area contributed by atoms with E-state index >= 15 is 0 Å². The Morgan fingerprint density at radius 3 is 2.65 bits per heavy atom. The van der Waals surface area contributed by atoms with E-state index in [1.807, 2.05) is 57.2 Å². The van der Waals surface area contributed by atoms with Crippen molar-refractivity contribution >= 4 is 29.1 Å². The normalized spacial score (nSPS) is 18.1. The standard InChI is InChI=1S/C21H23ClN2O2/c1-13-7-6-10-19(14(13)2)24-12-16(11-20(24)25)21(26)23-15(3)17-8-4-5-9-18(17)22/h4-10,15-16H,11-12H2,1-3H3,(H,23,26). The molecule has 1 saturated heterocycles. The Morgan fingerprint density at radius 1 is 1.19 bits per heavy atom. The molecule has 2 aromatic carbocycles. The number of benzene rings is 2. The third kappa shape index (κ3) is 3.61. The summed E-state index contributed by atoms with van der Waals surface area (Å²) in [4.78, 5) is 26.9. The fourth-order valence-electron chi connectivity index (χ4n) is 3.38. The summed E-state index contributed by atoms with van der Waals surface area (Å²) in [6, 6.07) is 13.2. The lowest BCUT2D eigenvalue weighted by atomic mass is 10.0. The summed E-state index contributed by atoms with van der Waals surface area (Å²) in [5, 5.41) is 3.62. The molecule has 0 aliphatic carbocycles. The summed E-state index contributed by atoms with van der Waals surface area (Å²) in [6.45, 7) is 6.34. The summed E-state index contributed by atoms with van der Waals surface area (Å²) >= 11 is 6.21. The highest BCUT2D eigenvalue weighted by Crippen LogP contribution is 2.30. The van der Waals surface area contributed by atoms with Gasteiger partial charge in [0.15, 0.2) is 0 Å². The van der Waals surface area contributed by atoms with Crippen LogP contribution in [-0.4, -0.2) is 18.4 Å². The van der Waals surface area contributed by atoms with Crippen molar-refractivity contribution in [3.63, 3.8) is 0 Å². The van der Waals surface area contributed by atoms with Crippen molar-refractivity contribution in [2.75, 3.05) is 11.4 Å². The van der Waals surface area contributed by atoms with Crippen LogP contribution in [0.2, 0.25) is 5.02 Å². The predicted octanol–water partition coefficient (Wildman–Crippen LogP) is 4.19. The fourth-order valence-corrected chi connectivity index (χ4v) is 3.68. The van der Waals surface area contributed by atoms with E-state index in [1.165, 1.54) is 0 Å². The molecule has 1 aliphatic heterocycles. The number of hydrogen-bond acceptors (Lipinski definition) is 2. The van der Waals surface area contributed by atoms with Crippen LogP contribution in [0.4, 0.5) is 5.69 Å². The van der Waals surface area contributed by atoms with E-state index < -0.39 is 0 Å². The van der Waals surface area contributed by atoms with Crippen molar-refractivity contribution in [1.29, 1.82) is 0 Å². The largest absolute Gasteiger partial charge is 0.349 e. The molecule has 2 atom stereocenters. The van der Waals surface area contributed by atoms with E-state index in [4.69, 9.17) is 11.6 Å². The third-order valence-corrected chi connectivity index (χ3v) is 5.44. The summed E-state index contributed by atoms with van der Waals surface area (Å²) in [6.07, 6.45) is 0.231. The van der Waals surface area contributed by atoms with Crippen molar-refractivity contribution < 1.29 is 9.59 Å². The Labute approximate surface area is 159 Å². The number of amides is 2. The van der Waals surface area contributed by atoms with Crippen LogP contribution >= 0.6 is 11.6 Å². The number of aryl methyl sites for hydroxylation is 1. The number of halogens is 1. The van der Waals surface area contributed by atoms with Gasteiger partial charge >= 0.3 is 0 Å². The summed E-state index contributed by atoms with van der Waals surface area (Å²) in [7, 11) is 0. The monoisotopic (exact) mass is 370 g/mol. The molecule has 3 rings (SSSR count). The van der Waals surface area contributed by atoms with E-state index in [0.29, 0.717) is 11.6 Å². The molecule has 2 amide bonds. The minimum atomic E-state index is -0.354. The van der Waals surface area contributed by atoms with Crippen LogP contribution < -0.4 is 10.2 Å². The van der Waals surface area contributed by atoms with Crippen molar-refractivity contribution in [2.24, 2.45) is 5.92 Å². The first-order valence-electron chi connectivity index (χ1n) is 8.80. The first-order valence-corrected chi connectivity index (χ1v) is 9.17. The number of carbonyl (C=O) groups excluding carboxylic acids is 2. The van der Waals surface area contributed by atoms with E-state index in [0.717, 1.165) is 22.4 Å². The average molecular weight is 371 g/mol. The summed E-state index contributed by atoms with van der Waals surface area (Å²) < 4.78 is 0. The molecule has 136 valence electrons. The Hall–Kier alpha value is -2.33. The van der Waals surface area contributed by atoms with Crippen molar-refractivity contribution in [3.8, 4) is 0 Å². The van der Waals surface area contributed by atoms with Gasteiger partial charge in [-0.3, -0.25) is 9.59 Å². The van der Waals surface area contributed by atoms with Gasteiger partial charge < -0.3 is 10.2 Å². The summed E-state index contributed by atoms with van der Waals surface area (Å²) in [5.41, 5.74) is 3.98. The van der Waals surface area contributed by atoms with Gasteiger partial charge in [-0.1, -0.05) is 41.9 Å². The van der Waals surface area contributed by atoms with Crippen LogP contribution in [0.5, 0.6) is 0 Å². The zero-order valence-corrected chi connectivity index (χ0v) is 16.0. The first-order chi connectivity index (χ1) is 12.4. The Morgan fingerprint density at radius 2 is 1.92 bits per heavy atom. The van der Waals surface area contributed by atoms with E-state index in [2.05, 4.69) is 5.32 Å². The molecule has 1 heterocycles. The number of nitrogens with one attached hydrogen (secondary N) is 1. The molecule has 2 unspecified atom stereocenters. The predicted molar refractivity (Wildman–Crippen MR) is 104 cm³/mol. The molecule has 0 spiro atoms. The number of carbonyl (C=O) groups is 2. The molecular weight excluding hydrogens is 348 g/mol. The zero-order valence-electron chi connectivity index (χ0n) is 15.3. The van der Waals surface area contributed by atoms with Gasteiger partial charge in [-0.15, -0.1) is 0 Å². The topological polar surface area (TPSA) is 49.4 Å². The summed E-state index contributed by atoms with van der Waals surface area (Å²) in [5.74, 6) is -0.477. The fraction of sp³-hybridized carbons (Fsp3) is 0.333. The number of hydrogen-bond donors (Lipinski definition) is 1. The SMILES string of the molecule is Cc1cccc(N2CC(C(=O)NC(C)c3ccccc3Cl)CC2=O)c1C. The molecule has 0 bridgehead atoms.